The van der Waals surface area contributed by atoms with Crippen molar-refractivity contribution in [2.24, 2.45) is 11.3 Å². The van der Waals surface area contributed by atoms with E-state index in [2.05, 4.69) is 37.9 Å². The summed E-state index contributed by atoms with van der Waals surface area (Å²) >= 11 is 0. The van der Waals surface area contributed by atoms with Crippen LogP contribution in [0.2, 0.25) is 0 Å². The standard InChI is InChI=1S/C16H30N2O/c1-15(2,3)14-9-17-16(4,12-5-6-12)11-18(14)13-7-8-19-10-13/h12-14,17H,5-11H2,1-4H3. The Kier molecular flexibility index (Phi) is 3.43. The Morgan fingerprint density at radius 3 is 2.47 bits per heavy atom. The van der Waals surface area contributed by atoms with Gasteiger partial charge >= 0.3 is 0 Å². The Bertz CT molecular complexity index is 328. The van der Waals surface area contributed by atoms with Crippen molar-refractivity contribution in [2.75, 3.05) is 26.3 Å². The zero-order valence-electron chi connectivity index (χ0n) is 13.0. The number of nitrogens with zero attached hydrogens (tertiary/aromatic N) is 1. The number of nitrogens with one attached hydrogen (secondary N) is 1. The molecular weight excluding hydrogens is 236 g/mol. The van der Waals surface area contributed by atoms with E-state index in [1.54, 1.807) is 0 Å². The van der Waals surface area contributed by atoms with Crippen LogP contribution < -0.4 is 5.32 Å². The van der Waals surface area contributed by atoms with Crippen molar-refractivity contribution >= 4 is 0 Å². The highest BCUT2D eigenvalue weighted by Gasteiger charge is 2.49. The first-order valence-electron chi connectivity index (χ1n) is 7.99. The van der Waals surface area contributed by atoms with Gasteiger partial charge in [-0.3, -0.25) is 4.90 Å². The zero-order chi connectivity index (χ0) is 13.7. The minimum absolute atomic E-state index is 0.334. The lowest BCUT2D eigenvalue weighted by atomic mass is 9.80. The molecule has 3 heteroatoms. The maximum absolute atomic E-state index is 5.65. The summed E-state index contributed by atoms with van der Waals surface area (Å²) in [6.45, 7) is 13.8. The lowest BCUT2D eigenvalue weighted by Gasteiger charge is -2.52. The van der Waals surface area contributed by atoms with Gasteiger partial charge in [0.15, 0.2) is 0 Å². The van der Waals surface area contributed by atoms with Gasteiger partial charge in [-0.25, -0.2) is 0 Å². The minimum Gasteiger partial charge on any atom is -0.380 e. The molecule has 0 amide bonds. The lowest BCUT2D eigenvalue weighted by Crippen LogP contribution is -2.68. The van der Waals surface area contributed by atoms with Crippen LogP contribution in [0.25, 0.3) is 0 Å². The Hall–Kier alpha value is -0.120. The van der Waals surface area contributed by atoms with Gasteiger partial charge in [0.1, 0.15) is 0 Å². The molecule has 0 aromatic rings. The highest BCUT2D eigenvalue weighted by molar-refractivity contribution is 5.07. The third kappa shape index (κ3) is 2.70. The Morgan fingerprint density at radius 2 is 1.95 bits per heavy atom. The van der Waals surface area contributed by atoms with Gasteiger partial charge in [0, 0.05) is 37.3 Å². The van der Waals surface area contributed by atoms with Crippen LogP contribution in [0.15, 0.2) is 0 Å². The van der Waals surface area contributed by atoms with E-state index in [1.165, 1.54) is 25.8 Å². The second-order valence-electron chi connectivity index (χ2n) is 8.14. The fourth-order valence-corrected chi connectivity index (χ4v) is 3.96. The van der Waals surface area contributed by atoms with Gasteiger partial charge in [-0.05, 0) is 37.5 Å². The summed E-state index contributed by atoms with van der Waals surface area (Å²) in [5.74, 6) is 0.901. The van der Waals surface area contributed by atoms with Crippen molar-refractivity contribution in [1.29, 1.82) is 0 Å². The molecule has 2 saturated heterocycles. The molecule has 3 aliphatic rings. The molecule has 1 aliphatic carbocycles. The van der Waals surface area contributed by atoms with Gasteiger partial charge in [0.2, 0.25) is 0 Å². The largest absolute Gasteiger partial charge is 0.380 e. The third-order valence-electron chi connectivity index (χ3n) is 5.46. The van der Waals surface area contributed by atoms with Crippen LogP contribution in [0.3, 0.4) is 0 Å². The van der Waals surface area contributed by atoms with E-state index in [0.717, 1.165) is 25.7 Å². The molecule has 0 bridgehead atoms. The molecule has 3 atom stereocenters. The summed E-state index contributed by atoms with van der Waals surface area (Å²) in [4.78, 5) is 2.78. The molecule has 0 aromatic carbocycles. The van der Waals surface area contributed by atoms with Gasteiger partial charge in [0.05, 0.1) is 6.61 Å². The molecule has 1 saturated carbocycles. The smallest absolute Gasteiger partial charge is 0.0622 e. The Balaban J connectivity index is 1.78. The highest BCUT2D eigenvalue weighted by Crippen LogP contribution is 2.43. The molecule has 3 nitrogen and oxygen atoms in total. The van der Waals surface area contributed by atoms with Crippen LogP contribution in [-0.2, 0) is 4.74 Å². The summed E-state index contributed by atoms with van der Waals surface area (Å²) in [5, 5.41) is 3.89. The fourth-order valence-electron chi connectivity index (χ4n) is 3.96. The maximum atomic E-state index is 5.65. The summed E-state index contributed by atoms with van der Waals surface area (Å²) in [5.41, 5.74) is 0.671. The second kappa shape index (κ2) is 4.71. The fraction of sp³-hybridized carbons (Fsp3) is 1.00. The molecule has 0 aromatic heterocycles. The summed E-state index contributed by atoms with van der Waals surface area (Å²) in [6.07, 6.45) is 4.05. The molecular formula is C16H30N2O. The molecule has 2 heterocycles. The first kappa shape index (κ1) is 13.8. The van der Waals surface area contributed by atoms with Crippen molar-refractivity contribution in [2.45, 2.75) is 64.6 Å². The number of ether oxygens (including phenoxy) is 1. The van der Waals surface area contributed by atoms with Crippen LogP contribution >= 0.6 is 0 Å². The van der Waals surface area contributed by atoms with Gasteiger partial charge in [-0.15, -0.1) is 0 Å². The lowest BCUT2D eigenvalue weighted by molar-refractivity contribution is -0.0122. The summed E-state index contributed by atoms with van der Waals surface area (Å²) < 4.78 is 5.65. The van der Waals surface area contributed by atoms with Crippen LogP contribution in [0.5, 0.6) is 0 Å². The molecule has 3 fully saturated rings. The van der Waals surface area contributed by atoms with E-state index >= 15 is 0 Å². The summed E-state index contributed by atoms with van der Waals surface area (Å²) in [7, 11) is 0. The van der Waals surface area contributed by atoms with E-state index in [1.807, 2.05) is 0 Å². The molecule has 3 rings (SSSR count). The van der Waals surface area contributed by atoms with Crippen LogP contribution in [-0.4, -0.2) is 48.8 Å². The number of hydrogen-bond acceptors (Lipinski definition) is 3. The van der Waals surface area contributed by atoms with E-state index in [4.69, 9.17) is 4.74 Å². The molecule has 1 N–H and O–H groups in total. The molecule has 110 valence electrons. The van der Waals surface area contributed by atoms with Gasteiger partial charge in [0.25, 0.3) is 0 Å². The van der Waals surface area contributed by atoms with Crippen molar-refractivity contribution < 1.29 is 4.74 Å². The average molecular weight is 266 g/mol. The molecule has 0 spiro atoms. The maximum Gasteiger partial charge on any atom is 0.0622 e. The van der Waals surface area contributed by atoms with Crippen LogP contribution in [0, 0.1) is 11.3 Å². The average Bonchev–Trinajstić information content (AvgIpc) is 3.05. The van der Waals surface area contributed by atoms with Crippen molar-refractivity contribution in [3.05, 3.63) is 0 Å². The topological polar surface area (TPSA) is 24.5 Å². The van der Waals surface area contributed by atoms with Crippen LogP contribution in [0.4, 0.5) is 0 Å². The minimum atomic E-state index is 0.334. The monoisotopic (exact) mass is 266 g/mol. The van der Waals surface area contributed by atoms with E-state index in [-0.39, 0.29) is 0 Å². The van der Waals surface area contributed by atoms with E-state index < -0.39 is 0 Å². The first-order chi connectivity index (χ1) is 8.90. The zero-order valence-corrected chi connectivity index (χ0v) is 13.0. The molecule has 0 radical (unpaired) electrons. The number of rotatable bonds is 2. The molecule has 2 aliphatic heterocycles. The molecule has 19 heavy (non-hydrogen) atoms. The summed E-state index contributed by atoms with van der Waals surface area (Å²) in [6, 6.07) is 1.27. The SMILES string of the molecule is CC(C)(C)C1CNC(C)(C2CC2)CN1C1CCOC1. The van der Waals surface area contributed by atoms with Crippen LogP contribution in [0.1, 0.15) is 47.0 Å². The quantitative estimate of drug-likeness (QED) is 0.830. The normalized spacial score (nSPS) is 41.7. The first-order valence-corrected chi connectivity index (χ1v) is 7.99. The molecule has 3 unspecified atom stereocenters. The predicted octanol–water partition coefficient (Wildman–Crippen LogP) is 2.26. The Morgan fingerprint density at radius 1 is 1.21 bits per heavy atom. The number of piperazine rings is 1. The van der Waals surface area contributed by atoms with Gasteiger partial charge < -0.3 is 10.1 Å². The van der Waals surface area contributed by atoms with E-state index in [9.17, 15) is 0 Å². The highest BCUT2D eigenvalue weighted by atomic mass is 16.5. The van der Waals surface area contributed by atoms with Crippen molar-refractivity contribution in [3.8, 4) is 0 Å². The van der Waals surface area contributed by atoms with Gasteiger partial charge in [-0.1, -0.05) is 20.8 Å². The predicted molar refractivity (Wildman–Crippen MR) is 78.3 cm³/mol. The van der Waals surface area contributed by atoms with Gasteiger partial charge in [-0.2, -0.15) is 0 Å². The van der Waals surface area contributed by atoms with Crippen molar-refractivity contribution in [3.63, 3.8) is 0 Å². The third-order valence-corrected chi connectivity index (χ3v) is 5.46. The second-order valence-corrected chi connectivity index (χ2v) is 8.14. The van der Waals surface area contributed by atoms with Crippen molar-refractivity contribution in [1.82, 2.24) is 10.2 Å². The van der Waals surface area contributed by atoms with E-state index in [0.29, 0.717) is 23.0 Å². The number of hydrogen-bond donors (Lipinski definition) is 1. The Labute approximate surface area is 118 Å².